The number of aromatic nitrogens is 2. The standard InChI is InChI=1S/C17H27N3O2S/c1-10(2)14-12-7-13(23-16(12)20(6)19-14)15(22)18-9-17(4,5)8-11(3)21/h7,10-11,21H,8-9H2,1-6H3,(H,18,22). The predicted molar refractivity (Wildman–Crippen MR) is 95.1 cm³/mol. The van der Waals surface area contributed by atoms with E-state index in [4.69, 9.17) is 0 Å². The summed E-state index contributed by atoms with van der Waals surface area (Å²) >= 11 is 1.47. The van der Waals surface area contributed by atoms with E-state index >= 15 is 0 Å². The number of thiophene rings is 1. The second-order valence-electron chi connectivity index (χ2n) is 7.39. The normalized spacial score (nSPS) is 13.7. The van der Waals surface area contributed by atoms with Gasteiger partial charge < -0.3 is 10.4 Å². The summed E-state index contributed by atoms with van der Waals surface area (Å²) in [5.74, 6) is 0.272. The molecule has 0 aromatic carbocycles. The van der Waals surface area contributed by atoms with E-state index in [1.807, 2.05) is 31.6 Å². The Hall–Kier alpha value is -1.40. The summed E-state index contributed by atoms with van der Waals surface area (Å²) in [5, 5.41) is 18.1. The van der Waals surface area contributed by atoms with Crippen LogP contribution < -0.4 is 5.32 Å². The van der Waals surface area contributed by atoms with Gasteiger partial charge in [0.05, 0.1) is 16.7 Å². The predicted octanol–water partition coefficient (Wildman–Crippen LogP) is 3.29. The molecule has 0 aliphatic rings. The number of carbonyl (C=O) groups is 1. The summed E-state index contributed by atoms with van der Waals surface area (Å²) in [7, 11) is 1.91. The largest absolute Gasteiger partial charge is 0.393 e. The van der Waals surface area contributed by atoms with Crippen LogP contribution in [0.15, 0.2) is 6.07 Å². The Morgan fingerprint density at radius 1 is 1.43 bits per heavy atom. The van der Waals surface area contributed by atoms with Gasteiger partial charge in [0.1, 0.15) is 4.83 Å². The number of aliphatic hydroxyl groups is 1. The lowest BCUT2D eigenvalue weighted by atomic mass is 9.87. The van der Waals surface area contributed by atoms with Gasteiger partial charge in [-0.2, -0.15) is 5.10 Å². The molecule has 0 saturated carbocycles. The highest BCUT2D eigenvalue weighted by Crippen LogP contribution is 2.31. The summed E-state index contributed by atoms with van der Waals surface area (Å²) in [6.45, 7) is 10.6. The van der Waals surface area contributed by atoms with Gasteiger partial charge in [-0.05, 0) is 30.7 Å². The van der Waals surface area contributed by atoms with Crippen molar-refractivity contribution < 1.29 is 9.90 Å². The number of fused-ring (bicyclic) bond motifs is 1. The minimum Gasteiger partial charge on any atom is -0.393 e. The van der Waals surface area contributed by atoms with Crippen LogP contribution in [-0.4, -0.2) is 33.4 Å². The van der Waals surface area contributed by atoms with Crippen molar-refractivity contribution in [3.63, 3.8) is 0 Å². The van der Waals surface area contributed by atoms with Crippen molar-refractivity contribution in [3.8, 4) is 0 Å². The molecule has 0 aliphatic carbocycles. The molecule has 1 amide bonds. The zero-order valence-electron chi connectivity index (χ0n) is 14.8. The van der Waals surface area contributed by atoms with E-state index in [2.05, 4.69) is 24.3 Å². The SMILES string of the molecule is CC(O)CC(C)(C)CNC(=O)c1cc2c(C(C)C)nn(C)c2s1. The number of aryl methyl sites for hydroxylation is 1. The Kier molecular flexibility index (Phi) is 5.16. The second-order valence-corrected chi connectivity index (χ2v) is 8.42. The second kappa shape index (κ2) is 6.61. The van der Waals surface area contributed by atoms with Crippen molar-refractivity contribution in [1.82, 2.24) is 15.1 Å². The molecule has 0 spiro atoms. The van der Waals surface area contributed by atoms with Crippen LogP contribution in [0.2, 0.25) is 0 Å². The highest BCUT2D eigenvalue weighted by Gasteiger charge is 2.23. The molecule has 0 aliphatic heterocycles. The van der Waals surface area contributed by atoms with E-state index in [1.54, 1.807) is 6.92 Å². The number of carbonyl (C=O) groups excluding carboxylic acids is 1. The molecule has 23 heavy (non-hydrogen) atoms. The zero-order chi connectivity index (χ0) is 17.4. The van der Waals surface area contributed by atoms with Crippen molar-refractivity contribution in [1.29, 1.82) is 0 Å². The summed E-state index contributed by atoms with van der Waals surface area (Å²) in [6.07, 6.45) is 0.284. The van der Waals surface area contributed by atoms with Gasteiger partial charge >= 0.3 is 0 Å². The van der Waals surface area contributed by atoms with E-state index in [9.17, 15) is 9.90 Å². The topological polar surface area (TPSA) is 67.2 Å². The lowest BCUT2D eigenvalue weighted by Gasteiger charge is -2.26. The smallest absolute Gasteiger partial charge is 0.261 e. The molecule has 6 heteroatoms. The first kappa shape index (κ1) is 17.9. The minimum atomic E-state index is -0.370. The van der Waals surface area contributed by atoms with Crippen LogP contribution in [0.1, 0.15) is 62.3 Å². The molecular formula is C17H27N3O2S. The molecule has 0 bridgehead atoms. The van der Waals surface area contributed by atoms with Crippen LogP contribution in [0.25, 0.3) is 10.2 Å². The van der Waals surface area contributed by atoms with Crippen LogP contribution in [0.3, 0.4) is 0 Å². The van der Waals surface area contributed by atoms with Crippen LogP contribution in [-0.2, 0) is 7.05 Å². The van der Waals surface area contributed by atoms with Crippen molar-refractivity contribution in [2.45, 2.75) is 53.1 Å². The molecule has 2 heterocycles. The number of amides is 1. The third kappa shape index (κ3) is 4.12. The molecule has 0 radical (unpaired) electrons. The van der Waals surface area contributed by atoms with E-state index in [0.717, 1.165) is 15.9 Å². The number of rotatable bonds is 6. The minimum absolute atomic E-state index is 0.0560. The van der Waals surface area contributed by atoms with Gasteiger partial charge in [0.15, 0.2) is 0 Å². The van der Waals surface area contributed by atoms with Gasteiger partial charge in [-0.15, -0.1) is 11.3 Å². The molecule has 2 aromatic rings. The van der Waals surface area contributed by atoms with Gasteiger partial charge in [0, 0.05) is 19.0 Å². The van der Waals surface area contributed by atoms with Crippen molar-refractivity contribution in [2.75, 3.05) is 6.54 Å². The van der Waals surface area contributed by atoms with Crippen molar-refractivity contribution in [3.05, 3.63) is 16.6 Å². The lowest BCUT2D eigenvalue weighted by molar-refractivity contribution is 0.0906. The van der Waals surface area contributed by atoms with Gasteiger partial charge in [0.2, 0.25) is 0 Å². The molecule has 1 unspecified atom stereocenters. The Morgan fingerprint density at radius 2 is 2.09 bits per heavy atom. The molecule has 1 atom stereocenters. The first-order chi connectivity index (χ1) is 10.6. The maximum atomic E-state index is 12.4. The van der Waals surface area contributed by atoms with Gasteiger partial charge in [0.25, 0.3) is 5.91 Å². The fourth-order valence-electron chi connectivity index (χ4n) is 2.88. The molecule has 0 fully saturated rings. The third-order valence-corrected chi connectivity index (χ3v) is 5.09. The summed E-state index contributed by atoms with van der Waals surface area (Å²) in [5.41, 5.74) is 0.901. The number of hydrogen-bond acceptors (Lipinski definition) is 4. The Balaban J connectivity index is 2.14. The van der Waals surface area contributed by atoms with Crippen LogP contribution in [0.5, 0.6) is 0 Å². The van der Waals surface area contributed by atoms with Crippen molar-refractivity contribution >= 4 is 27.5 Å². The quantitative estimate of drug-likeness (QED) is 0.850. The van der Waals surface area contributed by atoms with E-state index < -0.39 is 0 Å². The Bertz CT molecular complexity index is 698. The maximum Gasteiger partial charge on any atom is 0.261 e. The van der Waals surface area contributed by atoms with Gasteiger partial charge in [-0.1, -0.05) is 27.7 Å². The Morgan fingerprint density at radius 3 is 2.65 bits per heavy atom. The van der Waals surface area contributed by atoms with E-state index in [1.165, 1.54) is 11.3 Å². The van der Waals surface area contributed by atoms with Gasteiger partial charge in [-0.25, -0.2) is 0 Å². The number of nitrogens with one attached hydrogen (secondary N) is 1. The molecule has 2 aromatic heterocycles. The van der Waals surface area contributed by atoms with Crippen LogP contribution >= 0.6 is 11.3 Å². The Labute approximate surface area is 141 Å². The fraction of sp³-hybridized carbons (Fsp3) is 0.647. The molecule has 128 valence electrons. The zero-order valence-corrected chi connectivity index (χ0v) is 15.6. The third-order valence-electron chi connectivity index (χ3n) is 3.89. The van der Waals surface area contributed by atoms with E-state index in [0.29, 0.717) is 23.8 Å². The van der Waals surface area contributed by atoms with E-state index in [-0.39, 0.29) is 17.4 Å². The molecule has 5 nitrogen and oxygen atoms in total. The van der Waals surface area contributed by atoms with Crippen LogP contribution in [0.4, 0.5) is 0 Å². The monoisotopic (exact) mass is 337 g/mol. The lowest BCUT2D eigenvalue weighted by Crippen LogP contribution is -2.35. The summed E-state index contributed by atoms with van der Waals surface area (Å²) in [4.78, 5) is 14.2. The first-order valence-electron chi connectivity index (χ1n) is 8.03. The highest BCUT2D eigenvalue weighted by molar-refractivity contribution is 7.20. The molecular weight excluding hydrogens is 310 g/mol. The summed E-state index contributed by atoms with van der Waals surface area (Å²) in [6, 6.07) is 1.94. The number of aliphatic hydroxyl groups excluding tert-OH is 1. The van der Waals surface area contributed by atoms with Crippen LogP contribution in [0, 0.1) is 5.41 Å². The maximum absolute atomic E-state index is 12.4. The molecule has 2 rings (SSSR count). The first-order valence-corrected chi connectivity index (χ1v) is 8.85. The molecule has 2 N–H and O–H groups in total. The number of nitrogens with zero attached hydrogens (tertiary/aromatic N) is 2. The van der Waals surface area contributed by atoms with Crippen molar-refractivity contribution in [2.24, 2.45) is 12.5 Å². The van der Waals surface area contributed by atoms with Gasteiger partial charge in [-0.3, -0.25) is 9.48 Å². The fourth-order valence-corrected chi connectivity index (χ4v) is 3.88. The summed E-state index contributed by atoms with van der Waals surface area (Å²) < 4.78 is 1.85. The average Bonchev–Trinajstić information content (AvgIpc) is 2.95. The highest BCUT2D eigenvalue weighted by atomic mass is 32.1. The molecule has 0 saturated heterocycles. The number of hydrogen-bond donors (Lipinski definition) is 2. The average molecular weight is 337 g/mol.